The molecule has 0 radical (unpaired) electrons. The van der Waals surface area contributed by atoms with Gasteiger partial charge in [0.1, 0.15) is 0 Å². The molecule has 0 aliphatic carbocycles. The van der Waals surface area contributed by atoms with E-state index in [0.717, 1.165) is 36.3 Å². The summed E-state index contributed by atoms with van der Waals surface area (Å²) in [5.74, 6) is 1.34. The lowest BCUT2D eigenvalue weighted by Crippen LogP contribution is -2.34. The Labute approximate surface area is 158 Å². The lowest BCUT2D eigenvalue weighted by atomic mass is 10.1. The number of nitrogens with zero attached hydrogens (tertiary/aromatic N) is 2. The summed E-state index contributed by atoms with van der Waals surface area (Å²) < 4.78 is 10.7. The largest absolute Gasteiger partial charge is 0.454 e. The van der Waals surface area contributed by atoms with Crippen LogP contribution in [0.1, 0.15) is 30.9 Å². The Morgan fingerprint density at radius 2 is 2.00 bits per heavy atom. The van der Waals surface area contributed by atoms with Crippen molar-refractivity contribution in [3.05, 3.63) is 53.6 Å². The van der Waals surface area contributed by atoms with Gasteiger partial charge in [-0.05, 0) is 56.0 Å². The fourth-order valence-electron chi connectivity index (χ4n) is 3.39. The standard InChI is InChI=1S/C21H22N2O4/c1-15(17-9-10-19-20(12-17)26-14-25-19)22-27-13-21(24)23-11-5-4-7-16-6-2-3-8-18(16)23/h2-3,6,8-10,12H,4-5,7,11,13-14H2,1H3. The molecule has 6 heteroatoms. The maximum absolute atomic E-state index is 12.7. The number of hydrogen-bond acceptors (Lipinski definition) is 5. The first-order valence-corrected chi connectivity index (χ1v) is 9.17. The second kappa shape index (κ2) is 7.70. The number of rotatable bonds is 4. The second-order valence-electron chi connectivity index (χ2n) is 6.65. The predicted molar refractivity (Wildman–Crippen MR) is 102 cm³/mol. The van der Waals surface area contributed by atoms with E-state index in [9.17, 15) is 4.79 Å². The van der Waals surface area contributed by atoms with Crippen LogP contribution < -0.4 is 14.4 Å². The first-order valence-electron chi connectivity index (χ1n) is 9.17. The Morgan fingerprint density at radius 3 is 2.93 bits per heavy atom. The minimum absolute atomic E-state index is 0.0772. The number of amides is 1. The van der Waals surface area contributed by atoms with Crippen LogP contribution in [0.5, 0.6) is 11.5 Å². The van der Waals surface area contributed by atoms with Gasteiger partial charge in [0.2, 0.25) is 6.79 Å². The molecule has 2 aromatic rings. The fourth-order valence-corrected chi connectivity index (χ4v) is 3.39. The van der Waals surface area contributed by atoms with Crippen molar-refractivity contribution < 1.29 is 19.1 Å². The van der Waals surface area contributed by atoms with Crippen molar-refractivity contribution in [2.45, 2.75) is 26.2 Å². The number of ether oxygens (including phenoxy) is 2. The van der Waals surface area contributed by atoms with Crippen LogP contribution in [0.2, 0.25) is 0 Å². The molecule has 2 heterocycles. The van der Waals surface area contributed by atoms with Crippen LogP contribution >= 0.6 is 0 Å². The lowest BCUT2D eigenvalue weighted by Gasteiger charge is -2.22. The van der Waals surface area contributed by atoms with E-state index in [0.29, 0.717) is 18.0 Å². The molecule has 4 rings (SSSR count). The van der Waals surface area contributed by atoms with Gasteiger partial charge in [-0.15, -0.1) is 0 Å². The summed E-state index contributed by atoms with van der Waals surface area (Å²) in [7, 11) is 0. The van der Waals surface area contributed by atoms with Crippen molar-refractivity contribution in [3.63, 3.8) is 0 Å². The zero-order valence-electron chi connectivity index (χ0n) is 15.3. The van der Waals surface area contributed by atoms with Gasteiger partial charge in [-0.2, -0.15) is 0 Å². The molecule has 2 aliphatic heterocycles. The maximum Gasteiger partial charge on any atom is 0.267 e. The first-order chi connectivity index (χ1) is 13.2. The molecule has 27 heavy (non-hydrogen) atoms. The Kier molecular flexibility index (Phi) is 4.96. The van der Waals surface area contributed by atoms with E-state index in [1.165, 1.54) is 5.56 Å². The molecule has 0 bridgehead atoms. The van der Waals surface area contributed by atoms with Crippen molar-refractivity contribution in [1.29, 1.82) is 0 Å². The molecule has 0 N–H and O–H groups in total. The minimum Gasteiger partial charge on any atom is -0.454 e. The van der Waals surface area contributed by atoms with Gasteiger partial charge >= 0.3 is 0 Å². The maximum atomic E-state index is 12.7. The van der Waals surface area contributed by atoms with Crippen LogP contribution in [-0.4, -0.2) is 31.6 Å². The number of hydrogen-bond donors (Lipinski definition) is 0. The van der Waals surface area contributed by atoms with Crippen molar-refractivity contribution in [2.24, 2.45) is 5.16 Å². The van der Waals surface area contributed by atoms with E-state index in [-0.39, 0.29) is 19.3 Å². The zero-order chi connectivity index (χ0) is 18.6. The third-order valence-electron chi connectivity index (χ3n) is 4.84. The quantitative estimate of drug-likeness (QED) is 0.614. The van der Waals surface area contributed by atoms with Gasteiger partial charge in [0, 0.05) is 17.8 Å². The van der Waals surface area contributed by atoms with E-state index in [1.807, 2.05) is 48.2 Å². The second-order valence-corrected chi connectivity index (χ2v) is 6.65. The van der Waals surface area contributed by atoms with Crippen LogP contribution in [0.25, 0.3) is 0 Å². The van der Waals surface area contributed by atoms with Crippen molar-refractivity contribution in [2.75, 3.05) is 24.8 Å². The molecule has 0 fully saturated rings. The molecule has 0 saturated carbocycles. The number of fused-ring (bicyclic) bond motifs is 2. The Hall–Kier alpha value is -3.02. The first kappa shape index (κ1) is 17.4. The smallest absolute Gasteiger partial charge is 0.267 e. The van der Waals surface area contributed by atoms with Gasteiger partial charge in [-0.3, -0.25) is 4.79 Å². The van der Waals surface area contributed by atoms with Crippen LogP contribution in [0.4, 0.5) is 5.69 Å². The minimum atomic E-state index is -0.0871. The van der Waals surface area contributed by atoms with Crippen LogP contribution in [0.3, 0.4) is 0 Å². The Morgan fingerprint density at radius 1 is 1.15 bits per heavy atom. The van der Waals surface area contributed by atoms with E-state index in [1.54, 1.807) is 0 Å². The average Bonchev–Trinajstić information content (AvgIpc) is 3.05. The van der Waals surface area contributed by atoms with E-state index in [2.05, 4.69) is 11.2 Å². The van der Waals surface area contributed by atoms with Crippen molar-refractivity contribution in [3.8, 4) is 11.5 Å². The number of anilines is 1. The van der Waals surface area contributed by atoms with E-state index >= 15 is 0 Å². The van der Waals surface area contributed by atoms with Gasteiger partial charge in [-0.25, -0.2) is 0 Å². The highest BCUT2D eigenvalue weighted by Crippen LogP contribution is 2.32. The molecule has 0 saturated heterocycles. The summed E-state index contributed by atoms with van der Waals surface area (Å²) in [6.45, 7) is 2.70. The monoisotopic (exact) mass is 366 g/mol. The molecular weight excluding hydrogens is 344 g/mol. The van der Waals surface area contributed by atoms with E-state index < -0.39 is 0 Å². The molecule has 0 aromatic heterocycles. The molecular formula is C21H22N2O4. The number of benzene rings is 2. The number of para-hydroxylation sites is 1. The van der Waals surface area contributed by atoms with Gasteiger partial charge < -0.3 is 19.2 Å². The normalized spacial score (nSPS) is 15.9. The summed E-state index contributed by atoms with van der Waals surface area (Å²) in [5.41, 5.74) is 3.74. The van der Waals surface area contributed by atoms with E-state index in [4.69, 9.17) is 14.3 Å². The van der Waals surface area contributed by atoms with Gasteiger partial charge in [0.05, 0.1) is 5.71 Å². The summed E-state index contributed by atoms with van der Waals surface area (Å²) in [6.07, 6.45) is 3.07. The van der Waals surface area contributed by atoms with Crippen molar-refractivity contribution in [1.82, 2.24) is 0 Å². The highest BCUT2D eigenvalue weighted by Gasteiger charge is 2.21. The zero-order valence-corrected chi connectivity index (χ0v) is 15.3. The lowest BCUT2D eigenvalue weighted by molar-refractivity contribution is -0.123. The summed E-state index contributed by atoms with van der Waals surface area (Å²) in [4.78, 5) is 19.9. The highest BCUT2D eigenvalue weighted by atomic mass is 16.7. The summed E-state index contributed by atoms with van der Waals surface area (Å²) in [6, 6.07) is 13.7. The Balaban J connectivity index is 1.41. The molecule has 2 aliphatic rings. The third-order valence-corrected chi connectivity index (χ3v) is 4.84. The van der Waals surface area contributed by atoms with Gasteiger partial charge in [-0.1, -0.05) is 23.4 Å². The average molecular weight is 366 g/mol. The molecule has 0 atom stereocenters. The topological polar surface area (TPSA) is 60.4 Å². The molecule has 0 spiro atoms. The van der Waals surface area contributed by atoms with Crippen LogP contribution in [0.15, 0.2) is 47.6 Å². The number of oxime groups is 1. The number of aryl methyl sites for hydroxylation is 1. The Bertz CT molecular complexity index is 878. The van der Waals surface area contributed by atoms with Crippen LogP contribution in [0, 0.1) is 0 Å². The molecule has 0 unspecified atom stereocenters. The third kappa shape index (κ3) is 3.74. The van der Waals surface area contributed by atoms with Gasteiger partial charge in [0.25, 0.3) is 5.91 Å². The van der Waals surface area contributed by atoms with Crippen LogP contribution in [-0.2, 0) is 16.1 Å². The van der Waals surface area contributed by atoms with Gasteiger partial charge in [0.15, 0.2) is 18.1 Å². The molecule has 140 valence electrons. The van der Waals surface area contributed by atoms with Crippen molar-refractivity contribution >= 4 is 17.3 Å². The number of carbonyl (C=O) groups is 1. The number of carbonyl (C=O) groups excluding carboxylic acids is 1. The summed E-state index contributed by atoms with van der Waals surface area (Å²) >= 11 is 0. The predicted octanol–water partition coefficient (Wildman–Crippen LogP) is 3.53. The molecule has 1 amide bonds. The fraction of sp³-hybridized carbons (Fsp3) is 0.333. The molecule has 6 nitrogen and oxygen atoms in total. The highest BCUT2D eigenvalue weighted by molar-refractivity contribution is 5.99. The SMILES string of the molecule is CC(=NOCC(=O)N1CCCCc2ccccc21)c1ccc2c(c1)OCO2. The molecule has 2 aromatic carbocycles. The summed E-state index contributed by atoms with van der Waals surface area (Å²) in [5, 5.41) is 4.11.